The van der Waals surface area contributed by atoms with E-state index in [0.29, 0.717) is 0 Å². The first-order valence-electron chi connectivity index (χ1n) is 22.4. The van der Waals surface area contributed by atoms with Crippen molar-refractivity contribution in [3.63, 3.8) is 0 Å². The zero-order valence-corrected chi connectivity index (χ0v) is 34.9. The summed E-state index contributed by atoms with van der Waals surface area (Å²) in [6.07, 6.45) is 52.7. The number of aromatic nitrogens is 1. The zero-order chi connectivity index (χ0) is 37.2. The molecule has 0 saturated carbocycles. The fourth-order valence-corrected chi connectivity index (χ4v) is 7.45. The maximum atomic E-state index is 6.83. The molecule has 2 rings (SSSR count). The van der Waals surface area contributed by atoms with Gasteiger partial charge in [0.25, 0.3) is 0 Å². The van der Waals surface area contributed by atoms with Crippen molar-refractivity contribution < 1.29 is 9.47 Å². The topological polar surface area (TPSA) is 34.6 Å². The van der Waals surface area contributed by atoms with Crippen molar-refractivity contribution >= 4 is 0 Å². The third-order valence-electron chi connectivity index (χ3n) is 10.9. The molecule has 0 bridgehead atoms. The summed E-state index contributed by atoms with van der Waals surface area (Å²) in [5.74, 6) is 0.461. The minimum atomic E-state index is -0.360. The van der Waals surface area contributed by atoms with Crippen LogP contribution < -0.4 is 0 Å². The van der Waals surface area contributed by atoms with Crippen molar-refractivity contribution in [3.8, 4) is 0 Å². The monoisotopic (exact) mass is 721 g/mol. The lowest BCUT2D eigenvalue weighted by Crippen LogP contribution is -2.32. The van der Waals surface area contributed by atoms with Gasteiger partial charge < -0.3 is 14.4 Å². The summed E-state index contributed by atoms with van der Waals surface area (Å²) < 4.78 is 13.4. The van der Waals surface area contributed by atoms with Crippen molar-refractivity contribution in [3.05, 3.63) is 66.5 Å². The Balaban J connectivity index is 1.64. The van der Waals surface area contributed by atoms with Crippen molar-refractivity contribution in [2.75, 3.05) is 20.2 Å². The molecular weight excluding hydrogens is 637 g/mol. The Morgan fingerprint density at radius 1 is 0.750 bits per heavy atom. The van der Waals surface area contributed by atoms with Crippen LogP contribution in [0.1, 0.15) is 200 Å². The summed E-state index contributed by atoms with van der Waals surface area (Å²) >= 11 is 0. The Labute approximate surface area is 323 Å². The molecule has 1 aromatic heterocycles. The molecule has 4 heteroatoms. The number of pyridine rings is 1. The van der Waals surface area contributed by atoms with E-state index in [-0.39, 0.29) is 11.9 Å². The molecule has 1 fully saturated rings. The normalized spacial score (nSPS) is 18.6. The predicted octanol–water partition coefficient (Wildman–Crippen LogP) is 14.5. The Kier molecular flexibility index (Phi) is 29.1. The van der Waals surface area contributed by atoms with Gasteiger partial charge in [0.05, 0.1) is 12.7 Å². The van der Waals surface area contributed by atoms with E-state index in [1.807, 2.05) is 18.5 Å². The van der Waals surface area contributed by atoms with Crippen LogP contribution in [0.4, 0.5) is 0 Å². The number of unbranched alkanes of at least 4 members (excludes halogenated alkanes) is 17. The van der Waals surface area contributed by atoms with Crippen LogP contribution in [-0.2, 0) is 16.0 Å². The van der Waals surface area contributed by atoms with Crippen LogP contribution in [0.3, 0.4) is 0 Å². The van der Waals surface area contributed by atoms with Gasteiger partial charge in [0.1, 0.15) is 0 Å². The maximum absolute atomic E-state index is 6.83. The fraction of sp³-hybridized carbons (Fsp3) is 0.771. The lowest BCUT2D eigenvalue weighted by molar-refractivity contribution is -0.180. The molecule has 1 saturated heterocycles. The van der Waals surface area contributed by atoms with Gasteiger partial charge >= 0.3 is 0 Å². The maximum Gasteiger partial charge on any atom is 0.168 e. The molecule has 1 aliphatic heterocycles. The van der Waals surface area contributed by atoms with E-state index in [2.05, 4.69) is 80.2 Å². The minimum absolute atomic E-state index is 0.203. The first-order chi connectivity index (χ1) is 25.6. The second-order valence-electron chi connectivity index (χ2n) is 16.2. The van der Waals surface area contributed by atoms with Crippen LogP contribution in [0, 0.1) is 5.92 Å². The highest BCUT2D eigenvalue weighted by Gasteiger charge is 2.40. The van der Waals surface area contributed by atoms with Gasteiger partial charge in [-0.05, 0) is 95.2 Å². The van der Waals surface area contributed by atoms with Crippen molar-refractivity contribution in [2.45, 2.75) is 213 Å². The molecule has 4 nitrogen and oxygen atoms in total. The summed E-state index contributed by atoms with van der Waals surface area (Å²) in [7, 11) is 2.20. The van der Waals surface area contributed by atoms with Crippen LogP contribution in [0.25, 0.3) is 0 Å². The van der Waals surface area contributed by atoms with E-state index in [4.69, 9.17) is 9.47 Å². The molecule has 0 radical (unpaired) electrons. The molecule has 1 aliphatic rings. The van der Waals surface area contributed by atoms with Crippen LogP contribution in [0.15, 0.2) is 61.0 Å². The summed E-state index contributed by atoms with van der Waals surface area (Å²) in [5.41, 5.74) is 1.26. The first-order valence-corrected chi connectivity index (χ1v) is 22.4. The fourth-order valence-electron chi connectivity index (χ4n) is 7.45. The highest BCUT2D eigenvalue weighted by Crippen LogP contribution is 2.36. The van der Waals surface area contributed by atoms with Gasteiger partial charge in [-0.2, -0.15) is 0 Å². The van der Waals surface area contributed by atoms with Crippen LogP contribution in [-0.4, -0.2) is 42.0 Å². The standard InChI is InChI=1S/C48H84N2O2/c1-5-7-9-11-13-14-15-16-17-18-19-20-21-23-27-31-38-48(51-44-47(52-48)37-41-50(4)43-46-36-33-40-49-42-46)39-32-28-24-22-26-30-35-45(3)34-29-25-12-10-8-6-2/h13-14,16-17,25,29,33,36,40,42,45,47H,5-12,15,18-24,26-28,30-32,34-35,37-39,41,43-44H2,1-4H3/b14-13-,17-16-,29-25-. The van der Waals surface area contributed by atoms with Gasteiger partial charge in [-0.25, -0.2) is 0 Å². The molecule has 0 spiro atoms. The molecule has 3 unspecified atom stereocenters. The molecule has 52 heavy (non-hydrogen) atoms. The van der Waals surface area contributed by atoms with Gasteiger partial charge in [0.2, 0.25) is 0 Å². The number of rotatable bonds is 35. The number of hydrogen-bond acceptors (Lipinski definition) is 4. The molecule has 298 valence electrons. The van der Waals surface area contributed by atoms with Gasteiger partial charge in [0.15, 0.2) is 5.79 Å². The molecular formula is C48H84N2O2. The average molecular weight is 721 g/mol. The summed E-state index contributed by atoms with van der Waals surface area (Å²) in [4.78, 5) is 6.66. The van der Waals surface area contributed by atoms with Crippen molar-refractivity contribution in [1.82, 2.24) is 9.88 Å². The SMILES string of the molecule is CCCCC/C=C\C/C=C\CCCCCCCCC1(CCCCCCCCC(C)C/C=C\CCCCC)OCC(CCN(C)Cc2cccnc2)O1. The predicted molar refractivity (Wildman–Crippen MR) is 227 cm³/mol. The smallest absolute Gasteiger partial charge is 0.168 e. The number of nitrogens with zero attached hydrogens (tertiary/aromatic N) is 2. The molecule has 0 aromatic carbocycles. The Hall–Kier alpha value is -1.75. The highest BCUT2D eigenvalue weighted by molar-refractivity contribution is 5.07. The van der Waals surface area contributed by atoms with Crippen molar-refractivity contribution in [1.29, 1.82) is 0 Å². The van der Waals surface area contributed by atoms with E-state index in [0.717, 1.165) is 51.3 Å². The van der Waals surface area contributed by atoms with Crippen LogP contribution in [0.5, 0.6) is 0 Å². The first kappa shape index (κ1) is 46.4. The Morgan fingerprint density at radius 2 is 1.33 bits per heavy atom. The number of ether oxygens (including phenoxy) is 2. The van der Waals surface area contributed by atoms with Gasteiger partial charge in [-0.15, -0.1) is 0 Å². The van der Waals surface area contributed by atoms with Crippen molar-refractivity contribution in [2.24, 2.45) is 5.92 Å². The van der Waals surface area contributed by atoms with E-state index in [1.54, 1.807) is 0 Å². The minimum Gasteiger partial charge on any atom is -0.347 e. The second kappa shape index (κ2) is 32.7. The lowest BCUT2D eigenvalue weighted by Gasteiger charge is -2.29. The van der Waals surface area contributed by atoms with E-state index in [1.165, 1.54) is 153 Å². The molecule has 3 atom stereocenters. The quantitative estimate of drug-likeness (QED) is 0.0516. The van der Waals surface area contributed by atoms with E-state index < -0.39 is 0 Å². The largest absolute Gasteiger partial charge is 0.347 e. The zero-order valence-electron chi connectivity index (χ0n) is 34.9. The molecule has 0 N–H and O–H groups in total. The third kappa shape index (κ3) is 25.3. The van der Waals surface area contributed by atoms with Gasteiger partial charge in [0, 0.05) is 38.3 Å². The summed E-state index contributed by atoms with van der Waals surface area (Å²) in [5, 5.41) is 0. The molecule has 0 aliphatic carbocycles. The molecule has 0 amide bonds. The average Bonchev–Trinajstić information content (AvgIpc) is 3.56. The summed E-state index contributed by atoms with van der Waals surface area (Å²) in [6.45, 7) is 9.66. The lowest BCUT2D eigenvalue weighted by atomic mass is 9.97. The second-order valence-corrected chi connectivity index (χ2v) is 16.2. The number of allylic oxidation sites excluding steroid dienone is 6. The van der Waals surface area contributed by atoms with Gasteiger partial charge in [-0.3, -0.25) is 4.98 Å². The molecule has 2 heterocycles. The molecule has 1 aromatic rings. The summed E-state index contributed by atoms with van der Waals surface area (Å²) in [6, 6.07) is 4.18. The van der Waals surface area contributed by atoms with Crippen LogP contribution in [0.2, 0.25) is 0 Å². The number of hydrogen-bond donors (Lipinski definition) is 0. The highest BCUT2D eigenvalue weighted by atomic mass is 16.7. The van der Waals surface area contributed by atoms with E-state index >= 15 is 0 Å². The third-order valence-corrected chi connectivity index (χ3v) is 10.9. The Bertz CT molecular complexity index is 1010. The van der Waals surface area contributed by atoms with Crippen LogP contribution >= 0.6 is 0 Å². The van der Waals surface area contributed by atoms with E-state index in [9.17, 15) is 0 Å². The Morgan fingerprint density at radius 3 is 1.94 bits per heavy atom. The van der Waals surface area contributed by atoms with Gasteiger partial charge in [-0.1, -0.05) is 153 Å².